The van der Waals surface area contributed by atoms with Crippen molar-refractivity contribution in [2.75, 3.05) is 13.0 Å². The normalized spacial score (nSPS) is 17.0. The first-order chi connectivity index (χ1) is 10.2. The van der Waals surface area contributed by atoms with Gasteiger partial charge in [-0.15, -0.1) is 11.8 Å². The van der Waals surface area contributed by atoms with Crippen LogP contribution in [-0.4, -0.2) is 28.9 Å². The Hall–Kier alpha value is -1.98. The number of methoxy groups -OCH3 is 1. The number of nitrogens with zero attached hydrogens (tertiary/aromatic N) is 1. The molecule has 1 atom stereocenters. The van der Waals surface area contributed by atoms with Gasteiger partial charge < -0.3 is 9.84 Å². The Labute approximate surface area is 127 Å². The van der Waals surface area contributed by atoms with Gasteiger partial charge in [-0.2, -0.15) is 0 Å². The fraction of sp³-hybridized carbons (Fsp3) is 0.188. The Morgan fingerprint density at radius 3 is 2.81 bits per heavy atom. The summed E-state index contributed by atoms with van der Waals surface area (Å²) >= 11 is 1.49. The molecule has 1 aliphatic heterocycles. The molecule has 108 valence electrons. The molecule has 1 amide bonds. The Kier molecular flexibility index (Phi) is 3.86. The molecule has 0 spiro atoms. The van der Waals surface area contributed by atoms with Crippen LogP contribution in [0, 0.1) is 0 Å². The number of carbonyl (C=O) groups excluding carboxylic acids is 1. The number of hydrogen-bond acceptors (Lipinski definition) is 4. The summed E-state index contributed by atoms with van der Waals surface area (Å²) in [7, 11) is 1.62. The molecule has 4 nitrogen and oxygen atoms in total. The van der Waals surface area contributed by atoms with Gasteiger partial charge >= 0.3 is 0 Å². The van der Waals surface area contributed by atoms with Crippen LogP contribution in [0.25, 0.3) is 0 Å². The van der Waals surface area contributed by atoms with E-state index in [9.17, 15) is 9.90 Å². The minimum Gasteiger partial charge on any atom is -0.497 e. The van der Waals surface area contributed by atoms with Crippen molar-refractivity contribution in [2.24, 2.45) is 0 Å². The zero-order valence-electron chi connectivity index (χ0n) is 11.5. The molecule has 0 aromatic heterocycles. The molecule has 0 bridgehead atoms. The predicted molar refractivity (Wildman–Crippen MR) is 81.3 cm³/mol. The smallest absolute Gasteiger partial charge is 0.257 e. The number of amides is 1. The molecule has 0 saturated carbocycles. The van der Waals surface area contributed by atoms with E-state index in [-0.39, 0.29) is 5.91 Å². The van der Waals surface area contributed by atoms with E-state index in [4.69, 9.17) is 4.74 Å². The van der Waals surface area contributed by atoms with E-state index in [1.165, 1.54) is 16.7 Å². The summed E-state index contributed by atoms with van der Waals surface area (Å²) in [4.78, 5) is 14.7. The summed E-state index contributed by atoms with van der Waals surface area (Å²) in [6, 6.07) is 14.8. The highest BCUT2D eigenvalue weighted by Crippen LogP contribution is 2.34. The third-order valence-corrected chi connectivity index (χ3v) is 4.43. The number of benzene rings is 2. The van der Waals surface area contributed by atoms with E-state index < -0.39 is 6.23 Å². The van der Waals surface area contributed by atoms with Gasteiger partial charge in [0.2, 0.25) is 0 Å². The molecule has 1 N–H and O–H groups in total. The van der Waals surface area contributed by atoms with E-state index in [1.807, 2.05) is 36.4 Å². The molecule has 2 aromatic carbocycles. The Bertz CT molecular complexity index is 674. The van der Waals surface area contributed by atoms with E-state index in [1.54, 1.807) is 19.2 Å². The Balaban J connectivity index is 1.73. The average Bonchev–Trinajstić information content (AvgIpc) is 2.78. The molecule has 2 aromatic rings. The van der Waals surface area contributed by atoms with Crippen LogP contribution in [0.1, 0.15) is 22.1 Å². The van der Waals surface area contributed by atoms with E-state index >= 15 is 0 Å². The monoisotopic (exact) mass is 301 g/mol. The summed E-state index contributed by atoms with van der Waals surface area (Å²) < 4.78 is 5.18. The van der Waals surface area contributed by atoms with Crippen LogP contribution >= 0.6 is 11.8 Å². The zero-order valence-corrected chi connectivity index (χ0v) is 12.3. The first-order valence-electron chi connectivity index (χ1n) is 6.55. The van der Waals surface area contributed by atoms with Crippen molar-refractivity contribution in [3.63, 3.8) is 0 Å². The van der Waals surface area contributed by atoms with Crippen molar-refractivity contribution < 1.29 is 14.6 Å². The van der Waals surface area contributed by atoms with Gasteiger partial charge in [0, 0.05) is 16.0 Å². The van der Waals surface area contributed by atoms with Crippen molar-refractivity contribution >= 4 is 17.7 Å². The van der Waals surface area contributed by atoms with Crippen LogP contribution < -0.4 is 4.74 Å². The van der Waals surface area contributed by atoms with E-state index in [2.05, 4.69) is 0 Å². The average molecular weight is 301 g/mol. The first-order valence-corrected chi connectivity index (χ1v) is 7.54. The van der Waals surface area contributed by atoms with Gasteiger partial charge in [-0.05, 0) is 24.3 Å². The number of rotatable bonds is 4. The summed E-state index contributed by atoms with van der Waals surface area (Å²) in [5, 5.41) is 10.3. The minimum absolute atomic E-state index is 0.131. The highest BCUT2D eigenvalue weighted by molar-refractivity contribution is 7.99. The van der Waals surface area contributed by atoms with Crippen molar-refractivity contribution in [1.29, 1.82) is 0 Å². The quantitative estimate of drug-likeness (QED) is 0.882. The molecule has 0 radical (unpaired) electrons. The molecular weight excluding hydrogens is 286 g/mol. The molecule has 0 aliphatic carbocycles. The molecule has 0 fully saturated rings. The van der Waals surface area contributed by atoms with Gasteiger partial charge in [0.15, 0.2) is 6.23 Å². The lowest BCUT2D eigenvalue weighted by Gasteiger charge is -2.20. The molecule has 21 heavy (non-hydrogen) atoms. The third-order valence-electron chi connectivity index (χ3n) is 3.44. The minimum atomic E-state index is -0.869. The lowest BCUT2D eigenvalue weighted by atomic mass is 10.1. The van der Waals surface area contributed by atoms with Gasteiger partial charge in [0.05, 0.1) is 13.0 Å². The molecule has 1 aliphatic rings. The fourth-order valence-electron chi connectivity index (χ4n) is 2.31. The van der Waals surface area contributed by atoms with Crippen molar-refractivity contribution in [1.82, 2.24) is 4.90 Å². The zero-order chi connectivity index (χ0) is 14.8. The van der Waals surface area contributed by atoms with Crippen molar-refractivity contribution in [3.8, 4) is 5.75 Å². The first kappa shape index (κ1) is 14.0. The van der Waals surface area contributed by atoms with Crippen LogP contribution in [0.15, 0.2) is 53.4 Å². The second kappa shape index (κ2) is 5.79. The third kappa shape index (κ3) is 2.62. The summed E-state index contributed by atoms with van der Waals surface area (Å²) in [5.41, 5.74) is 1.25. The standard InChI is InChI=1S/C16H15NO3S/c1-20-11-5-4-6-12(9-11)21-10-17-15(18)13-7-2-3-8-14(13)16(17)19/h2-9,15,18H,10H2,1H3. The molecular formula is C16H15NO3S. The summed E-state index contributed by atoms with van der Waals surface area (Å²) in [5.74, 6) is 1.03. The maximum atomic E-state index is 12.3. The maximum Gasteiger partial charge on any atom is 0.257 e. The highest BCUT2D eigenvalue weighted by atomic mass is 32.2. The van der Waals surface area contributed by atoms with Crippen molar-refractivity contribution in [3.05, 3.63) is 59.7 Å². The Morgan fingerprint density at radius 2 is 2.05 bits per heavy atom. The number of thioether (sulfide) groups is 1. The van der Waals surface area contributed by atoms with Gasteiger partial charge in [-0.25, -0.2) is 0 Å². The molecule has 1 heterocycles. The summed E-state index contributed by atoms with van der Waals surface area (Å²) in [6.07, 6.45) is -0.869. The predicted octanol–water partition coefficient (Wildman–Crippen LogP) is 2.89. The highest BCUT2D eigenvalue weighted by Gasteiger charge is 2.34. The number of aliphatic hydroxyl groups excluding tert-OH is 1. The van der Waals surface area contributed by atoms with E-state index in [0.717, 1.165) is 10.6 Å². The molecule has 3 rings (SSSR count). The topological polar surface area (TPSA) is 49.8 Å². The number of ether oxygens (including phenoxy) is 1. The lowest BCUT2D eigenvalue weighted by Crippen LogP contribution is -2.27. The van der Waals surface area contributed by atoms with Crippen LogP contribution in [0.4, 0.5) is 0 Å². The maximum absolute atomic E-state index is 12.3. The largest absolute Gasteiger partial charge is 0.497 e. The van der Waals surface area contributed by atoms with Gasteiger partial charge in [0.25, 0.3) is 5.91 Å². The van der Waals surface area contributed by atoms with E-state index in [0.29, 0.717) is 17.0 Å². The van der Waals surface area contributed by atoms with Gasteiger partial charge in [-0.3, -0.25) is 9.69 Å². The van der Waals surface area contributed by atoms with Gasteiger partial charge in [-0.1, -0.05) is 24.3 Å². The van der Waals surface area contributed by atoms with Crippen molar-refractivity contribution in [2.45, 2.75) is 11.1 Å². The number of fused-ring (bicyclic) bond motifs is 1. The molecule has 1 unspecified atom stereocenters. The number of carbonyl (C=O) groups is 1. The number of hydrogen-bond donors (Lipinski definition) is 1. The van der Waals surface area contributed by atoms with Gasteiger partial charge in [0.1, 0.15) is 5.75 Å². The second-order valence-corrected chi connectivity index (χ2v) is 5.71. The SMILES string of the molecule is COc1cccc(SCN2C(=O)c3ccccc3C2O)c1. The Morgan fingerprint density at radius 1 is 1.24 bits per heavy atom. The van der Waals surface area contributed by atoms with Crippen LogP contribution in [-0.2, 0) is 0 Å². The molecule has 5 heteroatoms. The van der Waals surface area contributed by atoms with Crippen LogP contribution in [0.5, 0.6) is 5.75 Å². The number of aliphatic hydroxyl groups is 1. The summed E-state index contributed by atoms with van der Waals surface area (Å²) in [6.45, 7) is 0. The van der Waals surface area contributed by atoms with Crippen LogP contribution in [0.2, 0.25) is 0 Å². The molecule has 0 saturated heterocycles. The lowest BCUT2D eigenvalue weighted by molar-refractivity contribution is 0.0271. The van der Waals surface area contributed by atoms with Crippen LogP contribution in [0.3, 0.4) is 0 Å². The second-order valence-electron chi connectivity index (χ2n) is 4.69. The fourth-order valence-corrected chi connectivity index (χ4v) is 3.24.